The number of carbonyl (C=O) groups excluding carboxylic acids is 4. The third-order valence-corrected chi connectivity index (χ3v) is 8.89. The summed E-state index contributed by atoms with van der Waals surface area (Å²) in [5.41, 5.74) is 3.28. The maximum Gasteiger partial charge on any atom is 0.267 e. The van der Waals surface area contributed by atoms with Gasteiger partial charge in [-0.05, 0) is 37.1 Å². The Bertz CT molecular complexity index is 1290. The van der Waals surface area contributed by atoms with Crippen LogP contribution < -0.4 is 10.6 Å². The molecule has 196 valence electrons. The summed E-state index contributed by atoms with van der Waals surface area (Å²) >= 11 is 12.8. The first-order valence-electron chi connectivity index (χ1n) is 11.7. The van der Waals surface area contributed by atoms with E-state index < -0.39 is 11.8 Å². The minimum Gasteiger partial charge on any atom is -0.326 e. The van der Waals surface area contributed by atoms with Gasteiger partial charge in [0.15, 0.2) is 0 Å². The van der Waals surface area contributed by atoms with Crippen molar-refractivity contribution in [3.05, 3.63) is 69.5 Å². The molecular weight excluding hydrogens is 561 g/mol. The quantitative estimate of drug-likeness (QED) is 0.343. The maximum absolute atomic E-state index is 13.1. The Morgan fingerprint density at radius 1 is 0.711 bits per heavy atom. The number of thiocarbonyl (C=S) groups is 2. The van der Waals surface area contributed by atoms with Crippen LogP contribution >= 0.6 is 48.0 Å². The number of thioether (sulfide) groups is 2. The second-order valence-corrected chi connectivity index (χ2v) is 11.8. The molecule has 38 heavy (non-hydrogen) atoms. The zero-order chi connectivity index (χ0) is 27.4. The predicted molar refractivity (Wildman–Crippen MR) is 160 cm³/mol. The molecule has 0 aliphatic carbocycles. The molecule has 0 saturated carbocycles. The van der Waals surface area contributed by atoms with E-state index in [9.17, 15) is 19.2 Å². The number of hydrogen-bond acceptors (Lipinski definition) is 8. The lowest BCUT2D eigenvalue weighted by atomic mass is 10.2. The van der Waals surface area contributed by atoms with Crippen molar-refractivity contribution in [1.82, 2.24) is 9.80 Å². The summed E-state index contributed by atoms with van der Waals surface area (Å²) in [7, 11) is 0. The van der Waals surface area contributed by atoms with E-state index in [1.54, 1.807) is 12.1 Å². The Kier molecular flexibility index (Phi) is 8.98. The summed E-state index contributed by atoms with van der Waals surface area (Å²) in [6.07, 6.45) is 0.0933. The van der Waals surface area contributed by atoms with E-state index in [0.29, 0.717) is 11.4 Å². The van der Waals surface area contributed by atoms with Crippen LogP contribution in [0.2, 0.25) is 0 Å². The Balaban J connectivity index is 1.35. The van der Waals surface area contributed by atoms with Crippen LogP contribution in [-0.2, 0) is 19.2 Å². The fourth-order valence-electron chi connectivity index (χ4n) is 3.73. The number of hydrogen-bond donors (Lipinski definition) is 2. The van der Waals surface area contributed by atoms with Gasteiger partial charge >= 0.3 is 0 Å². The molecule has 2 aliphatic rings. The summed E-state index contributed by atoms with van der Waals surface area (Å²) < 4.78 is 0.549. The van der Waals surface area contributed by atoms with Crippen LogP contribution in [0.25, 0.3) is 0 Å². The maximum atomic E-state index is 13.1. The summed E-state index contributed by atoms with van der Waals surface area (Å²) in [5.74, 6) is -1.35. The SMILES string of the molecule is Cc1ccccc1NC(=O)CCN1C(=O)/C(=C2\SC(=S)N(CCC(=O)Nc3ccccc3C)C2=O)SC1=S. The highest BCUT2D eigenvalue weighted by atomic mass is 32.2. The smallest absolute Gasteiger partial charge is 0.267 e. The standard InChI is InChI=1S/C26H24N4O4S4/c1-15-7-3-5-9-17(15)27-19(31)11-13-29-23(33)21(37-25(29)35)22-24(34)30(26(36)38-22)14-12-20(32)28-18-10-6-4-8-16(18)2/h3-10H,11-14H2,1-2H3,(H,27,31)(H,28,32)/b22-21+. The topological polar surface area (TPSA) is 98.8 Å². The summed E-state index contributed by atoms with van der Waals surface area (Å²) in [4.78, 5) is 54.2. The van der Waals surface area contributed by atoms with Gasteiger partial charge in [-0.25, -0.2) is 0 Å². The molecule has 2 aromatic carbocycles. The molecule has 4 amide bonds. The second-order valence-electron chi connectivity index (χ2n) is 8.53. The normalized spacial score (nSPS) is 17.4. The van der Waals surface area contributed by atoms with Crippen molar-refractivity contribution in [2.24, 2.45) is 0 Å². The van der Waals surface area contributed by atoms with Crippen molar-refractivity contribution < 1.29 is 19.2 Å². The molecule has 4 rings (SSSR count). The van der Waals surface area contributed by atoms with Crippen LogP contribution in [0.4, 0.5) is 11.4 Å². The van der Waals surface area contributed by atoms with Gasteiger partial charge in [0.25, 0.3) is 11.8 Å². The van der Waals surface area contributed by atoms with Gasteiger partial charge in [0, 0.05) is 37.3 Å². The fourth-order valence-corrected chi connectivity index (χ4v) is 6.51. The molecule has 12 heteroatoms. The molecule has 2 fully saturated rings. The molecule has 0 radical (unpaired) electrons. The number of para-hydroxylation sites is 2. The van der Waals surface area contributed by atoms with Gasteiger partial charge in [0.2, 0.25) is 11.8 Å². The number of aryl methyl sites for hydroxylation is 2. The van der Waals surface area contributed by atoms with Gasteiger partial charge in [0.1, 0.15) is 8.64 Å². The predicted octanol–water partition coefficient (Wildman–Crippen LogP) is 4.59. The Morgan fingerprint density at radius 3 is 1.45 bits per heavy atom. The van der Waals surface area contributed by atoms with E-state index in [-0.39, 0.29) is 56.2 Å². The third-order valence-electron chi connectivity index (χ3n) is 5.87. The zero-order valence-corrected chi connectivity index (χ0v) is 23.9. The number of nitrogens with one attached hydrogen (secondary N) is 2. The molecule has 2 aromatic rings. The highest BCUT2D eigenvalue weighted by Crippen LogP contribution is 2.42. The molecule has 0 bridgehead atoms. The number of carbonyl (C=O) groups is 4. The van der Waals surface area contributed by atoms with Crippen molar-refractivity contribution in [2.75, 3.05) is 23.7 Å². The minimum absolute atomic E-state index is 0.0466. The van der Waals surface area contributed by atoms with Crippen LogP contribution in [0.15, 0.2) is 58.3 Å². The van der Waals surface area contributed by atoms with Crippen LogP contribution in [0, 0.1) is 13.8 Å². The van der Waals surface area contributed by atoms with Crippen LogP contribution in [-0.4, -0.2) is 55.2 Å². The molecule has 2 heterocycles. The fraction of sp³-hybridized carbons (Fsp3) is 0.231. The molecule has 8 nitrogen and oxygen atoms in total. The molecule has 2 N–H and O–H groups in total. The molecule has 0 atom stereocenters. The molecule has 0 unspecified atom stereocenters. The molecule has 0 spiro atoms. The first-order valence-corrected chi connectivity index (χ1v) is 14.1. The summed E-state index contributed by atoms with van der Waals surface area (Å²) in [5, 5.41) is 5.67. The number of anilines is 2. The van der Waals surface area contributed by atoms with Gasteiger partial charge in [-0.3, -0.25) is 29.0 Å². The van der Waals surface area contributed by atoms with Crippen LogP contribution in [0.5, 0.6) is 0 Å². The van der Waals surface area contributed by atoms with E-state index in [0.717, 1.165) is 34.7 Å². The average molecular weight is 585 g/mol. The van der Waals surface area contributed by atoms with E-state index in [2.05, 4.69) is 10.6 Å². The number of nitrogens with zero attached hydrogens (tertiary/aromatic N) is 2. The summed E-state index contributed by atoms with van der Waals surface area (Å²) in [6.45, 7) is 3.96. The Hall–Kier alpha value is -3.06. The highest BCUT2D eigenvalue weighted by molar-refractivity contribution is 8.29. The molecule has 2 saturated heterocycles. The van der Waals surface area contributed by atoms with Crippen molar-refractivity contribution in [2.45, 2.75) is 26.7 Å². The second kappa shape index (κ2) is 12.2. The number of rotatable bonds is 8. The summed E-state index contributed by atoms with van der Waals surface area (Å²) in [6, 6.07) is 14.8. The average Bonchev–Trinajstić information content (AvgIpc) is 3.32. The van der Waals surface area contributed by atoms with Gasteiger partial charge in [-0.2, -0.15) is 0 Å². The minimum atomic E-state index is -0.429. The van der Waals surface area contributed by atoms with E-state index >= 15 is 0 Å². The van der Waals surface area contributed by atoms with Crippen molar-refractivity contribution in [3.8, 4) is 0 Å². The lowest BCUT2D eigenvalue weighted by Gasteiger charge is -2.15. The lowest BCUT2D eigenvalue weighted by Crippen LogP contribution is -2.33. The monoisotopic (exact) mass is 584 g/mol. The molecule has 0 aromatic heterocycles. The van der Waals surface area contributed by atoms with Gasteiger partial charge in [-0.1, -0.05) is 84.4 Å². The highest BCUT2D eigenvalue weighted by Gasteiger charge is 2.42. The van der Waals surface area contributed by atoms with Crippen LogP contribution in [0.1, 0.15) is 24.0 Å². The van der Waals surface area contributed by atoms with Crippen molar-refractivity contribution >= 4 is 91.6 Å². The molecule has 2 aliphatic heterocycles. The molecular formula is C26H24N4O4S4. The Labute approximate surface area is 239 Å². The zero-order valence-electron chi connectivity index (χ0n) is 20.6. The number of amides is 4. The van der Waals surface area contributed by atoms with E-state index in [4.69, 9.17) is 24.4 Å². The Morgan fingerprint density at radius 2 is 1.08 bits per heavy atom. The van der Waals surface area contributed by atoms with Crippen molar-refractivity contribution in [3.63, 3.8) is 0 Å². The van der Waals surface area contributed by atoms with Crippen LogP contribution in [0.3, 0.4) is 0 Å². The largest absolute Gasteiger partial charge is 0.326 e. The first kappa shape index (κ1) is 28.0. The third kappa shape index (κ3) is 6.32. The van der Waals surface area contributed by atoms with Gasteiger partial charge < -0.3 is 10.6 Å². The lowest BCUT2D eigenvalue weighted by molar-refractivity contribution is -0.125. The number of benzene rings is 2. The van der Waals surface area contributed by atoms with Gasteiger partial charge in [0.05, 0.1) is 9.81 Å². The van der Waals surface area contributed by atoms with Crippen molar-refractivity contribution in [1.29, 1.82) is 0 Å². The van der Waals surface area contributed by atoms with Gasteiger partial charge in [-0.15, -0.1) is 0 Å². The van der Waals surface area contributed by atoms with E-state index in [1.807, 2.05) is 50.2 Å². The van der Waals surface area contributed by atoms with E-state index in [1.165, 1.54) is 9.80 Å². The first-order chi connectivity index (χ1) is 18.2.